The second-order valence-corrected chi connectivity index (χ2v) is 8.14. The Morgan fingerprint density at radius 3 is 2.65 bits per heavy atom. The lowest BCUT2D eigenvalue weighted by Crippen LogP contribution is -2.25. The molecule has 0 saturated heterocycles. The molecule has 1 atom stereocenters. The average molecular weight is 483 g/mol. The molecule has 6 heteroatoms. The van der Waals surface area contributed by atoms with E-state index in [0.29, 0.717) is 0 Å². The molecule has 0 bridgehead atoms. The van der Waals surface area contributed by atoms with Gasteiger partial charge in [0.1, 0.15) is 0 Å². The Morgan fingerprint density at radius 1 is 1.25 bits per heavy atom. The Balaban J connectivity index is 2.22. The molecule has 2 nitrogen and oxygen atoms in total. The lowest BCUT2D eigenvalue weighted by atomic mass is 10.1. The van der Waals surface area contributed by atoms with Crippen molar-refractivity contribution in [1.82, 2.24) is 10.3 Å². The van der Waals surface area contributed by atoms with E-state index in [1.54, 1.807) is 11.3 Å². The van der Waals surface area contributed by atoms with Crippen LogP contribution in [-0.2, 0) is 6.42 Å². The highest BCUT2D eigenvalue weighted by molar-refractivity contribution is 9.11. The number of nitrogens with zero attached hydrogens (tertiary/aromatic N) is 1. The van der Waals surface area contributed by atoms with Crippen molar-refractivity contribution in [3.05, 3.63) is 47.7 Å². The van der Waals surface area contributed by atoms with Gasteiger partial charge in [0.25, 0.3) is 0 Å². The Bertz CT molecular complexity index is 571. The molecule has 1 unspecified atom stereocenters. The van der Waals surface area contributed by atoms with E-state index in [4.69, 9.17) is 0 Å². The summed E-state index contributed by atoms with van der Waals surface area (Å²) in [6, 6.07) is 4.45. The van der Waals surface area contributed by atoms with Gasteiger partial charge >= 0.3 is 0 Å². The van der Waals surface area contributed by atoms with E-state index >= 15 is 0 Å². The van der Waals surface area contributed by atoms with Gasteiger partial charge in [-0.15, -0.1) is 11.3 Å². The van der Waals surface area contributed by atoms with Crippen LogP contribution in [0.2, 0.25) is 0 Å². The molecule has 0 aromatic carbocycles. The quantitative estimate of drug-likeness (QED) is 0.570. The van der Waals surface area contributed by atoms with E-state index in [2.05, 4.69) is 76.5 Å². The highest BCUT2D eigenvalue weighted by Crippen LogP contribution is 2.29. The fourth-order valence-electron chi connectivity index (χ4n) is 1.93. The summed E-state index contributed by atoms with van der Waals surface area (Å²) in [7, 11) is 0. The van der Waals surface area contributed by atoms with Crippen LogP contribution in [0.15, 0.2) is 37.1 Å². The van der Waals surface area contributed by atoms with Gasteiger partial charge in [-0.1, -0.05) is 6.92 Å². The maximum Gasteiger partial charge on any atom is 0.0719 e. The standard InChI is InChI=1S/C14H15Br3N2S/c1-2-3-18-13(6-11-4-10(16)8-20-11)14-12(17)5-9(15)7-19-14/h4-5,7-8,13,18H,2-3,6H2,1H3. The van der Waals surface area contributed by atoms with Crippen LogP contribution < -0.4 is 5.32 Å². The van der Waals surface area contributed by atoms with Crippen molar-refractivity contribution in [2.75, 3.05) is 6.54 Å². The maximum atomic E-state index is 4.57. The molecule has 0 saturated carbocycles. The van der Waals surface area contributed by atoms with Crippen LogP contribution in [-0.4, -0.2) is 11.5 Å². The van der Waals surface area contributed by atoms with Crippen LogP contribution in [0.3, 0.4) is 0 Å². The molecular formula is C14H15Br3N2S. The van der Waals surface area contributed by atoms with Crippen LogP contribution in [0.1, 0.15) is 30.0 Å². The summed E-state index contributed by atoms with van der Waals surface area (Å²) in [5.41, 5.74) is 1.06. The van der Waals surface area contributed by atoms with Crippen molar-refractivity contribution < 1.29 is 0 Å². The number of nitrogens with one attached hydrogen (secondary N) is 1. The topological polar surface area (TPSA) is 24.9 Å². The van der Waals surface area contributed by atoms with Crippen LogP contribution in [0, 0.1) is 0 Å². The number of rotatable bonds is 6. The predicted molar refractivity (Wildman–Crippen MR) is 96.4 cm³/mol. The fraction of sp³-hybridized carbons (Fsp3) is 0.357. The SMILES string of the molecule is CCCNC(Cc1cc(Br)cs1)c1ncc(Br)cc1Br. The van der Waals surface area contributed by atoms with Crippen molar-refractivity contribution in [3.63, 3.8) is 0 Å². The average Bonchev–Trinajstić information content (AvgIpc) is 2.80. The minimum absolute atomic E-state index is 0.225. The summed E-state index contributed by atoms with van der Waals surface area (Å²) in [4.78, 5) is 5.92. The smallest absolute Gasteiger partial charge is 0.0719 e. The first-order chi connectivity index (χ1) is 9.60. The summed E-state index contributed by atoms with van der Waals surface area (Å²) in [6.07, 6.45) is 3.91. The van der Waals surface area contributed by atoms with Crippen molar-refractivity contribution in [1.29, 1.82) is 0 Å². The van der Waals surface area contributed by atoms with Crippen LogP contribution in [0.5, 0.6) is 0 Å². The maximum absolute atomic E-state index is 4.57. The molecule has 0 aliphatic rings. The molecule has 0 fully saturated rings. The summed E-state index contributed by atoms with van der Waals surface area (Å²) in [5.74, 6) is 0. The van der Waals surface area contributed by atoms with Gasteiger partial charge in [-0.3, -0.25) is 4.98 Å². The third-order valence-electron chi connectivity index (χ3n) is 2.83. The lowest BCUT2D eigenvalue weighted by molar-refractivity contribution is 0.518. The first-order valence-electron chi connectivity index (χ1n) is 6.37. The van der Waals surface area contributed by atoms with E-state index in [9.17, 15) is 0 Å². The number of hydrogen-bond donors (Lipinski definition) is 1. The van der Waals surface area contributed by atoms with Gasteiger partial charge in [-0.05, 0) is 72.9 Å². The van der Waals surface area contributed by atoms with Crippen molar-refractivity contribution >= 4 is 59.1 Å². The summed E-state index contributed by atoms with van der Waals surface area (Å²) in [6.45, 7) is 3.16. The van der Waals surface area contributed by atoms with Gasteiger partial charge in [0.2, 0.25) is 0 Å². The molecular weight excluding hydrogens is 468 g/mol. The normalized spacial score (nSPS) is 12.6. The van der Waals surface area contributed by atoms with Crippen LogP contribution in [0.25, 0.3) is 0 Å². The van der Waals surface area contributed by atoms with Crippen molar-refractivity contribution in [2.45, 2.75) is 25.8 Å². The number of thiophene rings is 1. The van der Waals surface area contributed by atoms with E-state index < -0.39 is 0 Å². The predicted octanol–water partition coefficient (Wildman–Crippen LogP) is 5.71. The van der Waals surface area contributed by atoms with Crippen LogP contribution in [0.4, 0.5) is 0 Å². The van der Waals surface area contributed by atoms with Crippen molar-refractivity contribution in [3.8, 4) is 0 Å². The zero-order valence-corrected chi connectivity index (χ0v) is 16.6. The molecule has 2 aromatic rings. The van der Waals surface area contributed by atoms with Gasteiger partial charge in [0.05, 0.1) is 11.7 Å². The second-order valence-electron chi connectivity index (χ2n) is 4.46. The monoisotopic (exact) mass is 480 g/mol. The molecule has 2 aromatic heterocycles. The highest BCUT2D eigenvalue weighted by atomic mass is 79.9. The number of aromatic nitrogens is 1. The molecule has 1 N–H and O–H groups in total. The molecule has 108 valence electrons. The van der Waals surface area contributed by atoms with E-state index in [1.165, 1.54) is 4.88 Å². The largest absolute Gasteiger partial charge is 0.308 e. The fourth-order valence-corrected chi connectivity index (χ4v) is 4.69. The van der Waals surface area contributed by atoms with Gasteiger partial charge in [0, 0.05) is 36.3 Å². The van der Waals surface area contributed by atoms with E-state index in [1.807, 2.05) is 12.3 Å². The number of halogens is 3. The van der Waals surface area contributed by atoms with Crippen molar-refractivity contribution in [2.24, 2.45) is 0 Å². The third kappa shape index (κ3) is 4.63. The molecule has 0 aliphatic heterocycles. The minimum atomic E-state index is 0.225. The van der Waals surface area contributed by atoms with Gasteiger partial charge in [0.15, 0.2) is 0 Å². The molecule has 20 heavy (non-hydrogen) atoms. The summed E-state index contributed by atoms with van der Waals surface area (Å²) in [5, 5.41) is 5.71. The van der Waals surface area contributed by atoms with E-state index in [-0.39, 0.29) is 6.04 Å². The number of pyridine rings is 1. The summed E-state index contributed by atoms with van der Waals surface area (Å²) >= 11 is 12.4. The van der Waals surface area contributed by atoms with Gasteiger partial charge in [-0.2, -0.15) is 0 Å². The molecule has 2 heterocycles. The Morgan fingerprint density at radius 2 is 2.05 bits per heavy atom. The molecule has 0 spiro atoms. The molecule has 0 amide bonds. The zero-order chi connectivity index (χ0) is 14.5. The zero-order valence-electron chi connectivity index (χ0n) is 11.0. The van der Waals surface area contributed by atoms with Crippen LogP contribution >= 0.6 is 59.1 Å². The minimum Gasteiger partial charge on any atom is -0.308 e. The Hall–Kier alpha value is 0.250. The third-order valence-corrected chi connectivity index (χ3v) is 5.62. The Labute approximate surface area is 148 Å². The van der Waals surface area contributed by atoms with E-state index in [0.717, 1.165) is 38.5 Å². The van der Waals surface area contributed by atoms with Gasteiger partial charge in [-0.25, -0.2) is 0 Å². The lowest BCUT2D eigenvalue weighted by Gasteiger charge is -2.18. The first-order valence-corrected chi connectivity index (χ1v) is 9.63. The molecule has 2 rings (SSSR count). The molecule has 0 aliphatic carbocycles. The highest BCUT2D eigenvalue weighted by Gasteiger charge is 2.17. The Kier molecular flexibility index (Phi) is 6.68. The summed E-state index contributed by atoms with van der Waals surface area (Å²) < 4.78 is 3.17. The second kappa shape index (κ2) is 8.03. The van der Waals surface area contributed by atoms with Gasteiger partial charge < -0.3 is 5.32 Å². The molecule has 0 radical (unpaired) electrons. The first kappa shape index (κ1) is 16.6. The number of hydrogen-bond acceptors (Lipinski definition) is 3.